The number of aliphatic hydroxyl groups excluding tert-OH is 1. The summed E-state index contributed by atoms with van der Waals surface area (Å²) in [6.45, 7) is 7.04. The molecule has 0 amide bonds. The van der Waals surface area contributed by atoms with Crippen molar-refractivity contribution < 1.29 is 14.9 Å². The van der Waals surface area contributed by atoms with E-state index in [4.69, 9.17) is 4.74 Å². The van der Waals surface area contributed by atoms with Gasteiger partial charge in [0.2, 0.25) is 0 Å². The minimum absolute atomic E-state index is 0.245. The zero-order valence-corrected chi connectivity index (χ0v) is 12.7. The Morgan fingerprint density at radius 3 is 2.50 bits per heavy atom. The van der Waals surface area contributed by atoms with E-state index in [1.54, 1.807) is 0 Å². The number of hydrogen-bond acceptors (Lipinski definition) is 4. The van der Waals surface area contributed by atoms with E-state index in [0.29, 0.717) is 25.9 Å². The van der Waals surface area contributed by atoms with Crippen LogP contribution < -0.4 is 10.1 Å². The van der Waals surface area contributed by atoms with Crippen molar-refractivity contribution in [3.05, 3.63) is 29.8 Å². The van der Waals surface area contributed by atoms with E-state index >= 15 is 0 Å². The maximum absolute atomic E-state index is 10.1. The molecule has 0 saturated carbocycles. The van der Waals surface area contributed by atoms with Crippen molar-refractivity contribution in [2.75, 3.05) is 19.7 Å². The Morgan fingerprint density at radius 1 is 1.25 bits per heavy atom. The molecule has 0 bridgehead atoms. The summed E-state index contributed by atoms with van der Waals surface area (Å²) in [5, 5.41) is 23.1. The number of hydrogen-bond donors (Lipinski definition) is 3. The van der Waals surface area contributed by atoms with E-state index in [1.807, 2.05) is 45.0 Å². The molecule has 114 valence electrons. The van der Waals surface area contributed by atoms with Crippen LogP contribution in [0.5, 0.6) is 5.75 Å². The van der Waals surface area contributed by atoms with Crippen molar-refractivity contribution in [3.8, 4) is 5.75 Å². The molecule has 1 atom stereocenters. The fourth-order valence-corrected chi connectivity index (χ4v) is 1.93. The van der Waals surface area contributed by atoms with Crippen molar-refractivity contribution in [1.82, 2.24) is 5.32 Å². The van der Waals surface area contributed by atoms with Gasteiger partial charge in [0.15, 0.2) is 0 Å². The van der Waals surface area contributed by atoms with E-state index in [-0.39, 0.29) is 6.61 Å². The number of benzene rings is 1. The van der Waals surface area contributed by atoms with Crippen LogP contribution in [0.1, 0.15) is 32.3 Å². The second kappa shape index (κ2) is 8.25. The third-order valence-electron chi connectivity index (χ3n) is 3.68. The highest BCUT2D eigenvalue weighted by Gasteiger charge is 2.21. The molecule has 0 heterocycles. The van der Waals surface area contributed by atoms with Gasteiger partial charge in [0, 0.05) is 13.1 Å². The molecule has 0 aliphatic heterocycles. The minimum atomic E-state index is -0.684. The van der Waals surface area contributed by atoms with Gasteiger partial charge in [0.05, 0.1) is 5.60 Å². The van der Waals surface area contributed by atoms with Gasteiger partial charge in [-0.1, -0.05) is 32.0 Å². The molecule has 4 heteroatoms. The average molecular weight is 281 g/mol. The maximum Gasteiger partial charge on any atom is 0.122 e. The highest BCUT2D eigenvalue weighted by atomic mass is 16.5. The smallest absolute Gasteiger partial charge is 0.122 e. The third-order valence-corrected chi connectivity index (χ3v) is 3.68. The molecule has 1 aromatic rings. The Bertz CT molecular complexity index is 391. The van der Waals surface area contributed by atoms with Gasteiger partial charge in [-0.05, 0) is 31.4 Å². The average Bonchev–Trinajstić information content (AvgIpc) is 2.46. The van der Waals surface area contributed by atoms with Gasteiger partial charge in [0.1, 0.15) is 18.5 Å². The van der Waals surface area contributed by atoms with E-state index in [2.05, 4.69) is 5.32 Å². The standard InChI is InChI=1S/C16H27NO3/c1-4-16(19,5-2)12-17-10-14(18)11-20-15-9-7-6-8-13(15)3/h6-9,14,17-19H,4-5,10-12H2,1-3H3. The highest BCUT2D eigenvalue weighted by molar-refractivity contribution is 5.31. The molecule has 20 heavy (non-hydrogen) atoms. The second-order valence-electron chi connectivity index (χ2n) is 5.29. The molecule has 0 aliphatic carbocycles. The largest absolute Gasteiger partial charge is 0.491 e. The first kappa shape index (κ1) is 17.0. The van der Waals surface area contributed by atoms with Gasteiger partial charge in [-0.3, -0.25) is 0 Å². The number of para-hydroxylation sites is 1. The minimum Gasteiger partial charge on any atom is -0.491 e. The SMILES string of the molecule is CCC(O)(CC)CNCC(O)COc1ccccc1C. The van der Waals surface area contributed by atoms with E-state index < -0.39 is 11.7 Å². The number of aryl methyl sites for hydroxylation is 1. The molecule has 4 nitrogen and oxygen atoms in total. The summed E-state index contributed by atoms with van der Waals surface area (Å²) in [4.78, 5) is 0. The zero-order chi connectivity index (χ0) is 15.0. The fourth-order valence-electron chi connectivity index (χ4n) is 1.93. The van der Waals surface area contributed by atoms with Gasteiger partial charge < -0.3 is 20.3 Å². The molecule has 1 aromatic carbocycles. The van der Waals surface area contributed by atoms with Crippen LogP contribution in [0, 0.1) is 6.92 Å². The number of aliphatic hydroxyl groups is 2. The van der Waals surface area contributed by atoms with Crippen LogP contribution in [-0.4, -0.2) is 41.6 Å². The van der Waals surface area contributed by atoms with Crippen molar-refractivity contribution in [1.29, 1.82) is 0 Å². The van der Waals surface area contributed by atoms with Gasteiger partial charge in [-0.15, -0.1) is 0 Å². The van der Waals surface area contributed by atoms with Crippen LogP contribution in [0.3, 0.4) is 0 Å². The molecule has 0 aliphatic rings. The molecule has 0 aromatic heterocycles. The molecule has 0 radical (unpaired) electrons. The molecule has 3 N–H and O–H groups in total. The Morgan fingerprint density at radius 2 is 1.90 bits per heavy atom. The van der Waals surface area contributed by atoms with Gasteiger partial charge >= 0.3 is 0 Å². The van der Waals surface area contributed by atoms with Crippen LogP contribution in [0.2, 0.25) is 0 Å². The van der Waals surface area contributed by atoms with Crippen LogP contribution in [-0.2, 0) is 0 Å². The second-order valence-corrected chi connectivity index (χ2v) is 5.29. The summed E-state index contributed by atoms with van der Waals surface area (Å²) in [6.07, 6.45) is 0.811. The summed E-state index contributed by atoms with van der Waals surface area (Å²) in [5.74, 6) is 0.796. The predicted octanol–water partition coefficient (Wildman–Crippen LogP) is 1.88. The van der Waals surface area contributed by atoms with Gasteiger partial charge in [-0.25, -0.2) is 0 Å². The number of nitrogens with one attached hydrogen (secondary N) is 1. The molecule has 1 rings (SSSR count). The summed E-state index contributed by atoms with van der Waals surface area (Å²) in [5.41, 5.74) is 0.371. The van der Waals surface area contributed by atoms with E-state index in [1.165, 1.54) is 0 Å². The van der Waals surface area contributed by atoms with Crippen LogP contribution in [0.4, 0.5) is 0 Å². The van der Waals surface area contributed by atoms with Crippen LogP contribution >= 0.6 is 0 Å². The van der Waals surface area contributed by atoms with Crippen molar-refractivity contribution in [2.24, 2.45) is 0 Å². The lowest BCUT2D eigenvalue weighted by Crippen LogP contribution is -2.43. The summed E-state index contributed by atoms with van der Waals surface area (Å²) >= 11 is 0. The number of rotatable bonds is 9. The van der Waals surface area contributed by atoms with Crippen molar-refractivity contribution >= 4 is 0 Å². The lowest BCUT2D eigenvalue weighted by Gasteiger charge is -2.26. The Hall–Kier alpha value is -1.10. The topological polar surface area (TPSA) is 61.7 Å². The van der Waals surface area contributed by atoms with Crippen molar-refractivity contribution in [3.63, 3.8) is 0 Å². The lowest BCUT2D eigenvalue weighted by atomic mass is 9.97. The lowest BCUT2D eigenvalue weighted by molar-refractivity contribution is 0.0270. The summed E-state index contributed by atoms with van der Waals surface area (Å²) in [6, 6.07) is 7.73. The predicted molar refractivity (Wildman–Crippen MR) is 81.1 cm³/mol. The monoisotopic (exact) mass is 281 g/mol. The zero-order valence-electron chi connectivity index (χ0n) is 12.7. The number of ether oxygens (including phenoxy) is 1. The Balaban J connectivity index is 2.27. The normalized spacial score (nSPS) is 13.2. The molecule has 1 unspecified atom stereocenters. The fraction of sp³-hybridized carbons (Fsp3) is 0.625. The Labute approximate surface area is 121 Å². The molecular formula is C16H27NO3. The van der Waals surface area contributed by atoms with E-state index in [9.17, 15) is 10.2 Å². The van der Waals surface area contributed by atoms with E-state index in [0.717, 1.165) is 11.3 Å². The van der Waals surface area contributed by atoms with Gasteiger partial charge in [-0.2, -0.15) is 0 Å². The molecule has 0 spiro atoms. The maximum atomic E-state index is 10.1. The van der Waals surface area contributed by atoms with Crippen LogP contribution in [0.25, 0.3) is 0 Å². The van der Waals surface area contributed by atoms with Gasteiger partial charge in [0.25, 0.3) is 0 Å². The molecular weight excluding hydrogens is 254 g/mol. The Kier molecular flexibility index (Phi) is 6.99. The third kappa shape index (κ3) is 5.49. The highest BCUT2D eigenvalue weighted by Crippen LogP contribution is 2.16. The quantitative estimate of drug-likeness (QED) is 0.647. The molecule has 0 fully saturated rings. The van der Waals surface area contributed by atoms with Crippen molar-refractivity contribution in [2.45, 2.75) is 45.3 Å². The first-order valence-electron chi connectivity index (χ1n) is 7.30. The summed E-state index contributed by atoms with van der Waals surface area (Å²) < 4.78 is 5.58. The first-order chi connectivity index (χ1) is 9.50. The van der Waals surface area contributed by atoms with Crippen LogP contribution in [0.15, 0.2) is 24.3 Å². The first-order valence-corrected chi connectivity index (χ1v) is 7.30. The molecule has 0 saturated heterocycles. The summed E-state index contributed by atoms with van der Waals surface area (Å²) in [7, 11) is 0.